The van der Waals surface area contributed by atoms with Gasteiger partial charge in [-0.3, -0.25) is 4.98 Å². The van der Waals surface area contributed by atoms with Crippen LogP contribution in [0.25, 0.3) is 10.9 Å². The molecule has 0 fully saturated rings. The van der Waals surface area contributed by atoms with Crippen molar-refractivity contribution < 1.29 is 0 Å². The molecule has 0 amide bonds. The minimum atomic E-state index is 0.585. The topological polar surface area (TPSA) is 24.9 Å². The van der Waals surface area contributed by atoms with Crippen LogP contribution in [0.4, 0.5) is 0 Å². The highest BCUT2D eigenvalue weighted by atomic mass is 14.9. The SMILES string of the molecule is CCCC(C)NCc1ccc2nc(C)ccc2c1. The van der Waals surface area contributed by atoms with Crippen LogP contribution in [0.1, 0.15) is 37.9 Å². The quantitative estimate of drug-likeness (QED) is 0.862. The van der Waals surface area contributed by atoms with Crippen LogP contribution in [-0.2, 0) is 6.54 Å². The van der Waals surface area contributed by atoms with E-state index in [-0.39, 0.29) is 0 Å². The van der Waals surface area contributed by atoms with Crippen molar-refractivity contribution in [2.45, 2.75) is 46.2 Å². The van der Waals surface area contributed by atoms with E-state index in [1.165, 1.54) is 23.8 Å². The molecule has 0 saturated heterocycles. The zero-order chi connectivity index (χ0) is 13.0. The zero-order valence-electron chi connectivity index (χ0n) is 11.5. The van der Waals surface area contributed by atoms with Gasteiger partial charge in [-0.15, -0.1) is 0 Å². The molecule has 1 aromatic carbocycles. The summed E-state index contributed by atoms with van der Waals surface area (Å²) in [5, 5.41) is 4.78. The minimum Gasteiger partial charge on any atom is -0.310 e. The number of hydrogen-bond donors (Lipinski definition) is 1. The molecule has 0 radical (unpaired) electrons. The van der Waals surface area contributed by atoms with Crippen molar-refractivity contribution in [3.63, 3.8) is 0 Å². The Balaban J connectivity index is 2.08. The second-order valence-corrected chi connectivity index (χ2v) is 5.05. The summed E-state index contributed by atoms with van der Waals surface area (Å²) in [4.78, 5) is 4.52. The van der Waals surface area contributed by atoms with E-state index in [4.69, 9.17) is 0 Å². The summed E-state index contributed by atoms with van der Waals surface area (Å²) < 4.78 is 0. The lowest BCUT2D eigenvalue weighted by molar-refractivity contribution is 0.508. The molecule has 1 atom stereocenters. The first kappa shape index (κ1) is 13.0. The maximum atomic E-state index is 4.52. The Kier molecular flexibility index (Phi) is 4.32. The molecule has 18 heavy (non-hydrogen) atoms. The van der Waals surface area contributed by atoms with Gasteiger partial charge in [-0.05, 0) is 44.0 Å². The molecule has 0 aliphatic rings. The van der Waals surface area contributed by atoms with Gasteiger partial charge in [0.1, 0.15) is 0 Å². The fourth-order valence-electron chi connectivity index (χ4n) is 2.21. The van der Waals surface area contributed by atoms with E-state index in [2.05, 4.69) is 54.5 Å². The third kappa shape index (κ3) is 3.30. The van der Waals surface area contributed by atoms with Crippen molar-refractivity contribution in [1.82, 2.24) is 10.3 Å². The van der Waals surface area contributed by atoms with Crippen LogP contribution in [0.2, 0.25) is 0 Å². The number of pyridine rings is 1. The summed E-state index contributed by atoms with van der Waals surface area (Å²) in [6.07, 6.45) is 2.46. The summed E-state index contributed by atoms with van der Waals surface area (Å²) >= 11 is 0. The predicted octanol–water partition coefficient (Wildman–Crippen LogP) is 3.82. The van der Waals surface area contributed by atoms with Crippen LogP contribution in [0.15, 0.2) is 30.3 Å². The average molecular weight is 242 g/mol. The van der Waals surface area contributed by atoms with Gasteiger partial charge in [-0.1, -0.05) is 25.5 Å². The molecule has 2 nitrogen and oxygen atoms in total. The van der Waals surface area contributed by atoms with Gasteiger partial charge >= 0.3 is 0 Å². The van der Waals surface area contributed by atoms with Gasteiger partial charge in [0.25, 0.3) is 0 Å². The second-order valence-electron chi connectivity index (χ2n) is 5.05. The van der Waals surface area contributed by atoms with E-state index in [1.54, 1.807) is 0 Å². The highest BCUT2D eigenvalue weighted by molar-refractivity contribution is 5.79. The monoisotopic (exact) mass is 242 g/mol. The highest BCUT2D eigenvalue weighted by Crippen LogP contribution is 2.15. The molecular weight excluding hydrogens is 220 g/mol. The number of hydrogen-bond acceptors (Lipinski definition) is 2. The van der Waals surface area contributed by atoms with Crippen LogP contribution in [0.3, 0.4) is 0 Å². The van der Waals surface area contributed by atoms with Crippen molar-refractivity contribution in [2.24, 2.45) is 0 Å². The lowest BCUT2D eigenvalue weighted by atomic mass is 10.1. The Bertz CT molecular complexity index is 519. The van der Waals surface area contributed by atoms with Crippen molar-refractivity contribution in [1.29, 1.82) is 0 Å². The average Bonchev–Trinajstić information content (AvgIpc) is 2.36. The first-order valence-corrected chi connectivity index (χ1v) is 6.78. The number of nitrogens with zero attached hydrogens (tertiary/aromatic N) is 1. The number of aryl methyl sites for hydroxylation is 1. The van der Waals surface area contributed by atoms with E-state index < -0.39 is 0 Å². The van der Waals surface area contributed by atoms with Crippen molar-refractivity contribution in [3.05, 3.63) is 41.6 Å². The highest BCUT2D eigenvalue weighted by Gasteiger charge is 2.01. The number of fused-ring (bicyclic) bond motifs is 1. The lowest BCUT2D eigenvalue weighted by Gasteiger charge is -2.12. The molecular formula is C16H22N2. The Labute approximate surface area is 109 Å². The summed E-state index contributed by atoms with van der Waals surface area (Å²) in [6, 6.07) is 11.3. The zero-order valence-corrected chi connectivity index (χ0v) is 11.5. The first-order chi connectivity index (χ1) is 8.69. The number of rotatable bonds is 5. The van der Waals surface area contributed by atoms with Crippen LogP contribution in [0, 0.1) is 6.92 Å². The molecule has 2 heteroatoms. The Morgan fingerprint density at radius 3 is 2.83 bits per heavy atom. The van der Waals surface area contributed by atoms with Gasteiger partial charge in [-0.2, -0.15) is 0 Å². The summed E-state index contributed by atoms with van der Waals surface area (Å²) in [7, 11) is 0. The molecule has 2 aromatic rings. The van der Waals surface area contributed by atoms with E-state index in [0.717, 1.165) is 17.8 Å². The summed E-state index contributed by atoms with van der Waals surface area (Å²) in [6.45, 7) is 7.43. The second kappa shape index (κ2) is 5.96. The van der Waals surface area contributed by atoms with Crippen LogP contribution in [-0.4, -0.2) is 11.0 Å². The van der Waals surface area contributed by atoms with Gasteiger partial charge < -0.3 is 5.32 Å². The first-order valence-electron chi connectivity index (χ1n) is 6.78. The fraction of sp³-hybridized carbons (Fsp3) is 0.438. The van der Waals surface area contributed by atoms with E-state index in [9.17, 15) is 0 Å². The number of aromatic nitrogens is 1. The molecule has 0 spiro atoms. The molecule has 0 aliphatic carbocycles. The molecule has 1 heterocycles. The molecule has 0 aliphatic heterocycles. The molecule has 1 aromatic heterocycles. The summed E-state index contributed by atoms with van der Waals surface area (Å²) in [5.41, 5.74) is 3.49. The maximum Gasteiger partial charge on any atom is 0.0705 e. The Morgan fingerprint density at radius 1 is 1.22 bits per heavy atom. The third-order valence-electron chi connectivity index (χ3n) is 3.27. The molecule has 96 valence electrons. The van der Waals surface area contributed by atoms with Crippen LogP contribution in [0.5, 0.6) is 0 Å². The van der Waals surface area contributed by atoms with Crippen LogP contribution >= 0.6 is 0 Å². The van der Waals surface area contributed by atoms with E-state index in [1.807, 2.05) is 6.92 Å². The maximum absolute atomic E-state index is 4.52. The Hall–Kier alpha value is -1.41. The number of benzene rings is 1. The minimum absolute atomic E-state index is 0.585. The molecule has 2 rings (SSSR count). The van der Waals surface area contributed by atoms with E-state index in [0.29, 0.717) is 6.04 Å². The molecule has 0 bridgehead atoms. The van der Waals surface area contributed by atoms with Crippen molar-refractivity contribution >= 4 is 10.9 Å². The van der Waals surface area contributed by atoms with Crippen LogP contribution < -0.4 is 5.32 Å². The van der Waals surface area contributed by atoms with Gasteiger partial charge in [0, 0.05) is 23.7 Å². The van der Waals surface area contributed by atoms with Gasteiger partial charge in [0.15, 0.2) is 0 Å². The predicted molar refractivity (Wildman–Crippen MR) is 77.7 cm³/mol. The fourth-order valence-corrected chi connectivity index (χ4v) is 2.21. The van der Waals surface area contributed by atoms with E-state index >= 15 is 0 Å². The van der Waals surface area contributed by atoms with Gasteiger partial charge in [0.05, 0.1) is 5.52 Å². The number of nitrogens with one attached hydrogen (secondary N) is 1. The summed E-state index contributed by atoms with van der Waals surface area (Å²) in [5.74, 6) is 0. The smallest absolute Gasteiger partial charge is 0.0705 e. The van der Waals surface area contributed by atoms with Gasteiger partial charge in [-0.25, -0.2) is 0 Å². The normalized spacial score (nSPS) is 12.8. The van der Waals surface area contributed by atoms with Crippen molar-refractivity contribution in [3.8, 4) is 0 Å². The molecule has 1 N–H and O–H groups in total. The molecule has 0 saturated carbocycles. The third-order valence-corrected chi connectivity index (χ3v) is 3.27. The molecule has 1 unspecified atom stereocenters. The lowest BCUT2D eigenvalue weighted by Crippen LogP contribution is -2.25. The standard InChI is InChI=1S/C16H22N2/c1-4-5-12(2)17-11-14-7-9-16-15(10-14)8-6-13(3)18-16/h6-10,12,17H,4-5,11H2,1-3H3. The largest absolute Gasteiger partial charge is 0.310 e. The van der Waals surface area contributed by atoms with Crippen molar-refractivity contribution in [2.75, 3.05) is 0 Å². The Morgan fingerprint density at radius 2 is 2.06 bits per heavy atom. The van der Waals surface area contributed by atoms with Gasteiger partial charge in [0.2, 0.25) is 0 Å².